The van der Waals surface area contributed by atoms with Crippen LogP contribution in [0.4, 0.5) is 5.69 Å². The van der Waals surface area contributed by atoms with Crippen molar-refractivity contribution in [2.24, 2.45) is 5.73 Å². The Morgan fingerprint density at radius 1 is 1.54 bits per heavy atom. The van der Waals surface area contributed by atoms with Crippen LogP contribution >= 0.6 is 15.9 Å². The normalized spacial score (nSPS) is 15.1. The summed E-state index contributed by atoms with van der Waals surface area (Å²) in [6.07, 6.45) is 1.74. The van der Waals surface area contributed by atoms with Crippen LogP contribution in [0, 0.1) is 0 Å². The van der Waals surface area contributed by atoms with E-state index in [1.54, 1.807) is 6.20 Å². The third-order valence-electron chi connectivity index (χ3n) is 1.93. The van der Waals surface area contributed by atoms with Gasteiger partial charge in [0.1, 0.15) is 4.60 Å². The molecule has 0 fully saturated rings. The summed E-state index contributed by atoms with van der Waals surface area (Å²) in [7, 11) is 0. The number of aromatic nitrogens is 1. The van der Waals surface area contributed by atoms with Crippen molar-refractivity contribution < 1.29 is 0 Å². The zero-order valence-electron chi connectivity index (χ0n) is 7.79. The maximum Gasteiger partial charge on any atom is 0.129 e. The molecule has 0 aromatic carbocycles. The molecule has 4 heteroatoms. The van der Waals surface area contributed by atoms with Crippen LogP contribution in [0.1, 0.15) is 13.8 Å². The first-order valence-corrected chi connectivity index (χ1v) is 5.03. The highest BCUT2D eigenvalue weighted by molar-refractivity contribution is 9.10. The second-order valence-electron chi connectivity index (χ2n) is 3.13. The number of nitrogens with one attached hydrogen (secondary N) is 1. The summed E-state index contributed by atoms with van der Waals surface area (Å²) in [5.74, 6) is 0. The standard InChI is InChI=1S/C9H14BrN3/c1-6(11)7(2)13-8-4-3-5-12-9(8)10/h3-7,13H,11H2,1-2H3. The molecule has 1 aromatic heterocycles. The van der Waals surface area contributed by atoms with Crippen LogP contribution in [0.2, 0.25) is 0 Å². The van der Waals surface area contributed by atoms with Crippen molar-refractivity contribution in [1.29, 1.82) is 0 Å². The lowest BCUT2D eigenvalue weighted by molar-refractivity contribution is 0.638. The Morgan fingerprint density at radius 3 is 2.77 bits per heavy atom. The Labute approximate surface area is 86.9 Å². The molecule has 0 amide bonds. The van der Waals surface area contributed by atoms with E-state index in [9.17, 15) is 0 Å². The van der Waals surface area contributed by atoms with Crippen LogP contribution in [0.15, 0.2) is 22.9 Å². The topological polar surface area (TPSA) is 50.9 Å². The summed E-state index contributed by atoms with van der Waals surface area (Å²) in [5, 5.41) is 3.28. The third-order valence-corrected chi connectivity index (χ3v) is 2.56. The van der Waals surface area contributed by atoms with Gasteiger partial charge in [0.15, 0.2) is 0 Å². The number of pyridine rings is 1. The van der Waals surface area contributed by atoms with Gasteiger partial charge in [-0.3, -0.25) is 0 Å². The molecule has 13 heavy (non-hydrogen) atoms. The SMILES string of the molecule is CC(N)C(C)Nc1cccnc1Br. The highest BCUT2D eigenvalue weighted by Crippen LogP contribution is 2.19. The summed E-state index contributed by atoms with van der Waals surface area (Å²) < 4.78 is 0.822. The first-order chi connectivity index (χ1) is 6.11. The second kappa shape index (κ2) is 4.58. The van der Waals surface area contributed by atoms with E-state index in [2.05, 4.69) is 26.2 Å². The van der Waals surface area contributed by atoms with Gasteiger partial charge in [-0.1, -0.05) is 0 Å². The third kappa shape index (κ3) is 2.97. The van der Waals surface area contributed by atoms with Crippen molar-refractivity contribution in [2.45, 2.75) is 25.9 Å². The quantitative estimate of drug-likeness (QED) is 0.799. The summed E-state index contributed by atoms with van der Waals surface area (Å²) in [6.45, 7) is 4.02. The summed E-state index contributed by atoms with van der Waals surface area (Å²) in [5.41, 5.74) is 6.71. The first-order valence-electron chi connectivity index (χ1n) is 4.24. The van der Waals surface area contributed by atoms with Gasteiger partial charge in [-0.05, 0) is 41.9 Å². The Balaban J connectivity index is 2.69. The van der Waals surface area contributed by atoms with E-state index in [-0.39, 0.29) is 12.1 Å². The minimum absolute atomic E-state index is 0.118. The molecule has 1 heterocycles. The van der Waals surface area contributed by atoms with E-state index in [0.29, 0.717) is 0 Å². The van der Waals surface area contributed by atoms with Gasteiger partial charge in [-0.2, -0.15) is 0 Å². The van der Waals surface area contributed by atoms with Crippen LogP contribution < -0.4 is 11.1 Å². The lowest BCUT2D eigenvalue weighted by Crippen LogP contribution is -2.35. The molecule has 0 aliphatic rings. The number of rotatable bonds is 3. The minimum atomic E-state index is 0.118. The van der Waals surface area contributed by atoms with Crippen LogP contribution in [0.3, 0.4) is 0 Å². The molecule has 0 bridgehead atoms. The molecule has 2 unspecified atom stereocenters. The van der Waals surface area contributed by atoms with Gasteiger partial charge in [-0.25, -0.2) is 4.98 Å². The van der Waals surface area contributed by atoms with E-state index >= 15 is 0 Å². The molecule has 3 nitrogen and oxygen atoms in total. The van der Waals surface area contributed by atoms with Crippen molar-refractivity contribution in [3.63, 3.8) is 0 Å². The molecule has 0 saturated heterocycles. The highest BCUT2D eigenvalue weighted by atomic mass is 79.9. The number of halogens is 1. The molecule has 3 N–H and O–H groups in total. The van der Waals surface area contributed by atoms with Gasteiger partial charge in [0.05, 0.1) is 5.69 Å². The van der Waals surface area contributed by atoms with Gasteiger partial charge >= 0.3 is 0 Å². The average molecular weight is 244 g/mol. The summed E-state index contributed by atoms with van der Waals surface area (Å²) in [4.78, 5) is 4.10. The van der Waals surface area contributed by atoms with Crippen molar-refractivity contribution in [2.75, 3.05) is 5.32 Å². The number of nitrogens with zero attached hydrogens (tertiary/aromatic N) is 1. The van der Waals surface area contributed by atoms with E-state index in [0.717, 1.165) is 10.3 Å². The summed E-state index contributed by atoms with van der Waals surface area (Å²) >= 11 is 3.36. The van der Waals surface area contributed by atoms with Gasteiger partial charge < -0.3 is 11.1 Å². The van der Waals surface area contributed by atoms with E-state index in [1.807, 2.05) is 26.0 Å². The van der Waals surface area contributed by atoms with Gasteiger partial charge in [0.2, 0.25) is 0 Å². The zero-order chi connectivity index (χ0) is 9.84. The fourth-order valence-electron chi connectivity index (χ4n) is 0.870. The number of nitrogens with two attached hydrogens (primary N) is 1. The van der Waals surface area contributed by atoms with Crippen molar-refractivity contribution in [1.82, 2.24) is 4.98 Å². The van der Waals surface area contributed by atoms with Crippen LogP contribution in [0.5, 0.6) is 0 Å². The number of hydrogen-bond donors (Lipinski definition) is 2. The highest BCUT2D eigenvalue weighted by Gasteiger charge is 2.08. The maximum atomic E-state index is 5.74. The molecule has 0 radical (unpaired) electrons. The fraction of sp³-hybridized carbons (Fsp3) is 0.444. The lowest BCUT2D eigenvalue weighted by Gasteiger charge is -2.18. The number of hydrogen-bond acceptors (Lipinski definition) is 3. The van der Waals surface area contributed by atoms with Gasteiger partial charge in [0, 0.05) is 18.3 Å². The Kier molecular flexibility index (Phi) is 3.69. The fourth-order valence-corrected chi connectivity index (χ4v) is 1.24. The van der Waals surface area contributed by atoms with Crippen LogP contribution in [0.25, 0.3) is 0 Å². The molecule has 1 rings (SSSR count). The second-order valence-corrected chi connectivity index (χ2v) is 3.89. The molecule has 0 aliphatic carbocycles. The Bertz CT molecular complexity index is 275. The molecular weight excluding hydrogens is 230 g/mol. The van der Waals surface area contributed by atoms with Gasteiger partial charge in [-0.15, -0.1) is 0 Å². The lowest BCUT2D eigenvalue weighted by atomic mass is 10.2. The largest absolute Gasteiger partial charge is 0.379 e. The Hall–Kier alpha value is -0.610. The van der Waals surface area contributed by atoms with Crippen LogP contribution in [-0.2, 0) is 0 Å². The molecule has 72 valence electrons. The monoisotopic (exact) mass is 243 g/mol. The molecule has 2 atom stereocenters. The van der Waals surface area contributed by atoms with Crippen molar-refractivity contribution in [3.05, 3.63) is 22.9 Å². The van der Waals surface area contributed by atoms with Gasteiger partial charge in [0.25, 0.3) is 0 Å². The minimum Gasteiger partial charge on any atom is -0.379 e. The number of anilines is 1. The zero-order valence-corrected chi connectivity index (χ0v) is 9.38. The first kappa shape index (κ1) is 10.5. The average Bonchev–Trinajstić information content (AvgIpc) is 2.08. The van der Waals surface area contributed by atoms with E-state index < -0.39 is 0 Å². The predicted octanol–water partition coefficient (Wildman–Crippen LogP) is 1.99. The predicted molar refractivity (Wildman–Crippen MR) is 58.7 cm³/mol. The van der Waals surface area contributed by atoms with Crippen LogP contribution in [-0.4, -0.2) is 17.1 Å². The van der Waals surface area contributed by atoms with E-state index in [4.69, 9.17) is 5.73 Å². The smallest absolute Gasteiger partial charge is 0.129 e. The van der Waals surface area contributed by atoms with E-state index in [1.165, 1.54) is 0 Å². The molecule has 1 aromatic rings. The molecule has 0 aliphatic heterocycles. The van der Waals surface area contributed by atoms with Crippen molar-refractivity contribution >= 4 is 21.6 Å². The molecule has 0 spiro atoms. The van der Waals surface area contributed by atoms with Crippen molar-refractivity contribution in [3.8, 4) is 0 Å². The molecule has 0 saturated carbocycles. The maximum absolute atomic E-state index is 5.74. The molecular formula is C9H14BrN3. The summed E-state index contributed by atoms with van der Waals surface area (Å²) in [6, 6.07) is 4.21. The Morgan fingerprint density at radius 2 is 2.23 bits per heavy atom.